The molecule has 0 aliphatic rings. The molecule has 0 radical (unpaired) electrons. The molecular weight excluding hydrogens is 292 g/mol. The summed E-state index contributed by atoms with van der Waals surface area (Å²) in [4.78, 5) is 22.4. The van der Waals surface area contributed by atoms with Gasteiger partial charge in [-0.05, 0) is 33.3 Å². The summed E-state index contributed by atoms with van der Waals surface area (Å²) in [6, 6.07) is 6.52. The highest BCUT2D eigenvalue weighted by Crippen LogP contribution is 2.30. The van der Waals surface area contributed by atoms with Crippen LogP contribution in [0, 0.1) is 10.1 Å². The van der Waals surface area contributed by atoms with E-state index in [0.717, 1.165) is 0 Å². The summed E-state index contributed by atoms with van der Waals surface area (Å²) in [5, 5.41) is 23.3. The van der Waals surface area contributed by atoms with E-state index in [0.29, 0.717) is 17.1 Å². The highest BCUT2D eigenvalue weighted by Gasteiger charge is 2.33. The smallest absolute Gasteiger partial charge is 0.323 e. The molecule has 1 atom stereocenters. The minimum atomic E-state index is -1.04. The molecule has 0 aliphatic heterocycles. The molecular formula is C14H20N2O4S. The van der Waals surface area contributed by atoms with Crippen LogP contribution in [-0.4, -0.2) is 33.3 Å². The Bertz CT molecular complexity index is 521. The lowest BCUT2D eigenvalue weighted by Crippen LogP contribution is -2.52. The van der Waals surface area contributed by atoms with Crippen molar-refractivity contribution in [3.05, 3.63) is 34.4 Å². The van der Waals surface area contributed by atoms with Gasteiger partial charge in [-0.25, -0.2) is 0 Å². The van der Waals surface area contributed by atoms with E-state index in [1.165, 1.54) is 17.8 Å². The lowest BCUT2D eigenvalue weighted by molar-refractivity contribution is -0.387. The van der Waals surface area contributed by atoms with Gasteiger partial charge in [0.15, 0.2) is 0 Å². The summed E-state index contributed by atoms with van der Waals surface area (Å²) < 4.78 is 0. The minimum Gasteiger partial charge on any atom is -0.480 e. The summed E-state index contributed by atoms with van der Waals surface area (Å²) in [7, 11) is 0. The van der Waals surface area contributed by atoms with Gasteiger partial charge >= 0.3 is 5.97 Å². The number of carbonyl (C=O) groups is 1. The van der Waals surface area contributed by atoms with Crippen LogP contribution in [0.4, 0.5) is 5.69 Å². The van der Waals surface area contributed by atoms with E-state index in [1.807, 2.05) is 13.8 Å². The van der Waals surface area contributed by atoms with Gasteiger partial charge in [-0.2, -0.15) is 0 Å². The molecule has 0 amide bonds. The van der Waals surface area contributed by atoms with Crippen LogP contribution in [0.15, 0.2) is 29.2 Å². The van der Waals surface area contributed by atoms with Crippen molar-refractivity contribution >= 4 is 23.4 Å². The van der Waals surface area contributed by atoms with Crippen LogP contribution in [0.5, 0.6) is 0 Å². The van der Waals surface area contributed by atoms with Crippen molar-refractivity contribution < 1.29 is 14.8 Å². The number of nitro groups is 1. The zero-order chi connectivity index (χ0) is 16.0. The molecule has 7 heteroatoms. The van der Waals surface area contributed by atoms with Gasteiger partial charge in [0.05, 0.1) is 9.82 Å². The number of benzene rings is 1. The molecule has 0 heterocycles. The van der Waals surface area contributed by atoms with E-state index in [9.17, 15) is 20.0 Å². The lowest BCUT2D eigenvalue weighted by Gasteiger charge is -2.28. The predicted molar refractivity (Wildman–Crippen MR) is 82.7 cm³/mol. The van der Waals surface area contributed by atoms with Crippen LogP contribution in [0.2, 0.25) is 0 Å². The van der Waals surface area contributed by atoms with Crippen molar-refractivity contribution in [1.29, 1.82) is 0 Å². The van der Waals surface area contributed by atoms with E-state index < -0.39 is 16.4 Å². The average Bonchev–Trinajstić information content (AvgIpc) is 2.38. The van der Waals surface area contributed by atoms with Crippen LogP contribution in [0.25, 0.3) is 0 Å². The quantitative estimate of drug-likeness (QED) is 0.435. The largest absolute Gasteiger partial charge is 0.480 e. The molecule has 1 unspecified atom stereocenters. The van der Waals surface area contributed by atoms with Crippen LogP contribution < -0.4 is 5.32 Å². The Morgan fingerprint density at radius 1 is 1.48 bits per heavy atom. The van der Waals surface area contributed by atoms with Crippen LogP contribution >= 0.6 is 11.8 Å². The standard InChI is InChI=1S/C14H20N2O4S/c1-10(2)15-14(3,13(17)18)8-9-21-12-7-5-4-6-11(12)16(19)20/h4-7,10,15H,8-9H2,1-3H3,(H,17,18). The SMILES string of the molecule is CC(C)NC(C)(CCSc1ccccc1[N+](=O)[O-])C(=O)O. The Morgan fingerprint density at radius 2 is 2.10 bits per heavy atom. The number of hydrogen-bond donors (Lipinski definition) is 2. The van der Waals surface area contributed by atoms with Crippen molar-refractivity contribution in [2.45, 2.75) is 43.7 Å². The fourth-order valence-electron chi connectivity index (χ4n) is 1.97. The molecule has 1 aromatic carbocycles. The number of nitrogens with zero attached hydrogens (tertiary/aromatic N) is 1. The zero-order valence-electron chi connectivity index (χ0n) is 12.3. The second kappa shape index (κ2) is 7.42. The number of carboxylic acids is 1. The molecule has 1 aromatic rings. The number of nitrogens with one attached hydrogen (secondary N) is 1. The van der Waals surface area contributed by atoms with E-state index in [2.05, 4.69) is 5.32 Å². The molecule has 0 saturated heterocycles. The maximum Gasteiger partial charge on any atom is 0.323 e. The molecule has 0 saturated carbocycles. The molecule has 21 heavy (non-hydrogen) atoms. The maximum atomic E-state index is 11.4. The molecule has 116 valence electrons. The molecule has 0 fully saturated rings. The first-order valence-corrected chi connectivity index (χ1v) is 7.62. The van der Waals surface area contributed by atoms with Gasteiger partial charge in [0.25, 0.3) is 5.69 Å². The number of para-hydroxylation sites is 1. The third kappa shape index (κ3) is 5.02. The van der Waals surface area contributed by atoms with Gasteiger partial charge in [-0.1, -0.05) is 12.1 Å². The Hall–Kier alpha value is -1.60. The molecule has 0 aromatic heterocycles. The van der Waals surface area contributed by atoms with E-state index in [1.54, 1.807) is 25.1 Å². The van der Waals surface area contributed by atoms with Crippen LogP contribution in [0.1, 0.15) is 27.2 Å². The topological polar surface area (TPSA) is 92.5 Å². The fraction of sp³-hybridized carbons (Fsp3) is 0.500. The van der Waals surface area contributed by atoms with Gasteiger partial charge in [0.2, 0.25) is 0 Å². The lowest BCUT2D eigenvalue weighted by atomic mass is 9.98. The van der Waals surface area contributed by atoms with Gasteiger partial charge < -0.3 is 5.11 Å². The summed E-state index contributed by atoms with van der Waals surface area (Å²) in [5.74, 6) is -0.438. The van der Waals surface area contributed by atoms with Crippen LogP contribution in [0.3, 0.4) is 0 Å². The van der Waals surface area contributed by atoms with Crippen molar-refractivity contribution in [3.8, 4) is 0 Å². The Kier molecular flexibility index (Phi) is 6.17. The Balaban J connectivity index is 2.71. The third-order valence-corrected chi connectivity index (χ3v) is 4.07. The molecule has 0 spiro atoms. The highest BCUT2D eigenvalue weighted by atomic mass is 32.2. The van der Waals surface area contributed by atoms with Gasteiger partial charge in [-0.15, -0.1) is 11.8 Å². The fourth-order valence-corrected chi connectivity index (χ4v) is 3.17. The monoisotopic (exact) mass is 312 g/mol. The Labute approximate surface area is 128 Å². The molecule has 6 nitrogen and oxygen atoms in total. The van der Waals surface area contributed by atoms with Crippen molar-refractivity contribution in [1.82, 2.24) is 5.32 Å². The van der Waals surface area contributed by atoms with E-state index in [-0.39, 0.29) is 11.7 Å². The van der Waals surface area contributed by atoms with Crippen molar-refractivity contribution in [3.63, 3.8) is 0 Å². The number of thioether (sulfide) groups is 1. The van der Waals surface area contributed by atoms with Gasteiger partial charge in [-0.3, -0.25) is 20.2 Å². The number of aliphatic carboxylic acids is 1. The first kappa shape index (κ1) is 17.5. The van der Waals surface area contributed by atoms with Gasteiger partial charge in [0, 0.05) is 17.9 Å². The van der Waals surface area contributed by atoms with Crippen LogP contribution in [-0.2, 0) is 4.79 Å². The number of hydrogen-bond acceptors (Lipinski definition) is 5. The van der Waals surface area contributed by atoms with E-state index >= 15 is 0 Å². The van der Waals surface area contributed by atoms with Crippen molar-refractivity contribution in [2.24, 2.45) is 0 Å². The molecule has 0 aliphatic carbocycles. The number of carboxylic acid groups (broad SMARTS) is 1. The predicted octanol–water partition coefficient (Wildman–Crippen LogP) is 2.92. The van der Waals surface area contributed by atoms with E-state index in [4.69, 9.17) is 0 Å². The summed E-state index contributed by atoms with van der Waals surface area (Å²) in [5.41, 5.74) is -0.985. The zero-order valence-corrected chi connectivity index (χ0v) is 13.1. The highest BCUT2D eigenvalue weighted by molar-refractivity contribution is 7.99. The average molecular weight is 312 g/mol. The van der Waals surface area contributed by atoms with Crippen molar-refractivity contribution in [2.75, 3.05) is 5.75 Å². The first-order valence-electron chi connectivity index (χ1n) is 6.63. The Morgan fingerprint density at radius 3 is 2.62 bits per heavy atom. The summed E-state index contributed by atoms with van der Waals surface area (Å²) >= 11 is 1.30. The maximum absolute atomic E-state index is 11.4. The number of rotatable bonds is 8. The third-order valence-electron chi connectivity index (χ3n) is 3.00. The molecule has 0 bridgehead atoms. The normalized spacial score (nSPS) is 13.9. The van der Waals surface area contributed by atoms with Gasteiger partial charge in [0.1, 0.15) is 5.54 Å². The second-order valence-corrected chi connectivity index (χ2v) is 6.40. The molecule has 2 N–H and O–H groups in total. The molecule has 1 rings (SSSR count). The first-order chi connectivity index (χ1) is 9.76. The summed E-state index contributed by atoms with van der Waals surface area (Å²) in [6.45, 7) is 5.40. The number of nitro benzene ring substituents is 1. The summed E-state index contributed by atoms with van der Waals surface area (Å²) in [6.07, 6.45) is 0.372. The minimum absolute atomic E-state index is 0.0437. The second-order valence-electron chi connectivity index (χ2n) is 5.26.